The number of thiol groups is 1. The quantitative estimate of drug-likeness (QED) is 0.526. The molecule has 0 heterocycles. The van der Waals surface area contributed by atoms with Crippen molar-refractivity contribution in [2.45, 2.75) is 26.3 Å². The highest BCUT2D eigenvalue weighted by Gasteiger charge is 2.19. The summed E-state index contributed by atoms with van der Waals surface area (Å²) < 4.78 is 4.51. The first-order valence-electron chi connectivity index (χ1n) is 4.49. The molecular formula is C9H17NO3S. The lowest BCUT2D eigenvalue weighted by atomic mass is 10.1. The summed E-state index contributed by atoms with van der Waals surface area (Å²) in [6.07, 6.45) is 0.404. The summed E-state index contributed by atoms with van der Waals surface area (Å²) in [6, 6.07) is -0.644. The molecule has 1 amide bonds. The van der Waals surface area contributed by atoms with Gasteiger partial charge < -0.3 is 10.1 Å². The molecule has 0 spiro atoms. The molecule has 0 aromatic rings. The Bertz CT molecular complexity index is 206. The predicted octanol–water partition coefficient (Wildman–Crippen LogP) is 0.620. The van der Waals surface area contributed by atoms with Gasteiger partial charge >= 0.3 is 5.97 Å². The maximum atomic E-state index is 11.3. The van der Waals surface area contributed by atoms with Crippen molar-refractivity contribution in [2.75, 3.05) is 12.9 Å². The normalized spacial score (nSPS) is 12.4. The van der Waals surface area contributed by atoms with Gasteiger partial charge in [-0.15, -0.1) is 0 Å². The van der Waals surface area contributed by atoms with Crippen molar-refractivity contribution in [1.29, 1.82) is 0 Å². The monoisotopic (exact) mass is 219 g/mol. The van der Waals surface area contributed by atoms with Crippen LogP contribution in [-0.2, 0) is 14.3 Å². The van der Waals surface area contributed by atoms with E-state index in [0.717, 1.165) is 0 Å². The molecule has 0 saturated heterocycles. The van der Waals surface area contributed by atoms with E-state index in [2.05, 4.69) is 22.7 Å². The average Bonchev–Trinajstić information content (AvgIpc) is 2.11. The molecule has 1 atom stereocenters. The van der Waals surface area contributed by atoms with Crippen LogP contribution in [0.4, 0.5) is 0 Å². The highest BCUT2D eigenvalue weighted by atomic mass is 32.1. The molecule has 4 nitrogen and oxygen atoms in total. The first kappa shape index (κ1) is 13.3. The SMILES string of the molecule is COC(=O)[C@H](CS)NC(=O)CC(C)C. The summed E-state index contributed by atoms with van der Waals surface area (Å²) in [5.74, 6) is -0.0916. The Morgan fingerprint density at radius 3 is 2.36 bits per heavy atom. The molecule has 0 aromatic carbocycles. The zero-order valence-corrected chi connectivity index (χ0v) is 9.64. The van der Waals surface area contributed by atoms with Gasteiger partial charge in [0.25, 0.3) is 0 Å². The molecule has 82 valence electrons. The Kier molecular flexibility index (Phi) is 6.36. The number of amides is 1. The van der Waals surface area contributed by atoms with Crippen LogP contribution in [0.2, 0.25) is 0 Å². The fourth-order valence-corrected chi connectivity index (χ4v) is 1.19. The largest absolute Gasteiger partial charge is 0.467 e. The second-order valence-electron chi connectivity index (χ2n) is 3.42. The Morgan fingerprint density at radius 1 is 1.43 bits per heavy atom. The molecule has 0 radical (unpaired) electrons. The van der Waals surface area contributed by atoms with E-state index < -0.39 is 12.0 Å². The molecule has 0 aliphatic carbocycles. The molecular weight excluding hydrogens is 202 g/mol. The van der Waals surface area contributed by atoms with E-state index in [1.165, 1.54) is 7.11 Å². The van der Waals surface area contributed by atoms with E-state index in [1.54, 1.807) is 0 Å². The molecule has 0 rings (SSSR count). The number of carbonyl (C=O) groups excluding carboxylic acids is 2. The van der Waals surface area contributed by atoms with Gasteiger partial charge in [0.1, 0.15) is 6.04 Å². The number of methoxy groups -OCH3 is 1. The van der Waals surface area contributed by atoms with E-state index >= 15 is 0 Å². The lowest BCUT2D eigenvalue weighted by Crippen LogP contribution is -2.43. The first-order chi connectivity index (χ1) is 6.51. The minimum Gasteiger partial charge on any atom is -0.467 e. The van der Waals surface area contributed by atoms with Crippen molar-refractivity contribution in [3.05, 3.63) is 0 Å². The van der Waals surface area contributed by atoms with Gasteiger partial charge in [-0.2, -0.15) is 12.6 Å². The van der Waals surface area contributed by atoms with Gasteiger partial charge in [-0.3, -0.25) is 4.79 Å². The van der Waals surface area contributed by atoms with E-state index in [9.17, 15) is 9.59 Å². The number of hydrogen-bond acceptors (Lipinski definition) is 4. The van der Waals surface area contributed by atoms with Gasteiger partial charge in [0.05, 0.1) is 7.11 Å². The zero-order valence-electron chi connectivity index (χ0n) is 8.74. The molecule has 5 heteroatoms. The van der Waals surface area contributed by atoms with Crippen LogP contribution in [0.3, 0.4) is 0 Å². The Balaban J connectivity index is 4.05. The third-order valence-electron chi connectivity index (χ3n) is 1.60. The standard InChI is InChI=1S/C9H17NO3S/c1-6(2)4-8(11)10-7(5-14)9(12)13-3/h6-7,14H,4-5H2,1-3H3,(H,10,11)/t7-/m0/s1. The van der Waals surface area contributed by atoms with Gasteiger partial charge in [0.2, 0.25) is 5.91 Å². The van der Waals surface area contributed by atoms with Gasteiger partial charge in [-0.1, -0.05) is 13.8 Å². The van der Waals surface area contributed by atoms with Gasteiger partial charge in [0, 0.05) is 12.2 Å². The van der Waals surface area contributed by atoms with Crippen LogP contribution in [0.1, 0.15) is 20.3 Å². The molecule has 0 aliphatic rings. The van der Waals surface area contributed by atoms with Crippen LogP contribution in [0.5, 0.6) is 0 Å². The van der Waals surface area contributed by atoms with Crippen LogP contribution in [0.25, 0.3) is 0 Å². The van der Waals surface area contributed by atoms with Crippen LogP contribution in [-0.4, -0.2) is 30.8 Å². The highest BCUT2D eigenvalue weighted by Crippen LogP contribution is 2.00. The zero-order chi connectivity index (χ0) is 11.1. The molecule has 0 bridgehead atoms. The molecule has 0 saturated carbocycles. The fraction of sp³-hybridized carbons (Fsp3) is 0.778. The number of carbonyl (C=O) groups is 2. The summed E-state index contributed by atoms with van der Waals surface area (Å²) in [5.41, 5.74) is 0. The summed E-state index contributed by atoms with van der Waals surface area (Å²) >= 11 is 3.96. The van der Waals surface area contributed by atoms with Crippen molar-refractivity contribution in [2.24, 2.45) is 5.92 Å². The first-order valence-corrected chi connectivity index (χ1v) is 5.12. The van der Waals surface area contributed by atoms with Crippen molar-refractivity contribution in [3.8, 4) is 0 Å². The van der Waals surface area contributed by atoms with Crippen LogP contribution >= 0.6 is 12.6 Å². The summed E-state index contributed by atoms with van der Waals surface area (Å²) in [5, 5.41) is 2.56. The number of esters is 1. The topological polar surface area (TPSA) is 55.4 Å². The number of ether oxygens (including phenoxy) is 1. The molecule has 0 aliphatic heterocycles. The molecule has 1 N–H and O–H groups in total. The number of hydrogen-bond donors (Lipinski definition) is 2. The number of rotatable bonds is 5. The minimum absolute atomic E-state index is 0.149. The van der Waals surface area contributed by atoms with Crippen molar-refractivity contribution in [3.63, 3.8) is 0 Å². The van der Waals surface area contributed by atoms with Gasteiger partial charge in [-0.25, -0.2) is 4.79 Å². The maximum absolute atomic E-state index is 11.3. The molecule has 0 fully saturated rings. The molecule has 0 unspecified atom stereocenters. The van der Waals surface area contributed by atoms with Crippen molar-refractivity contribution in [1.82, 2.24) is 5.32 Å². The van der Waals surface area contributed by atoms with Gasteiger partial charge in [0.15, 0.2) is 0 Å². The Hall–Kier alpha value is -0.710. The van der Waals surface area contributed by atoms with Crippen LogP contribution < -0.4 is 5.32 Å². The third-order valence-corrected chi connectivity index (χ3v) is 1.96. The predicted molar refractivity (Wildman–Crippen MR) is 57.3 cm³/mol. The maximum Gasteiger partial charge on any atom is 0.329 e. The van der Waals surface area contributed by atoms with E-state index in [0.29, 0.717) is 6.42 Å². The second-order valence-corrected chi connectivity index (χ2v) is 3.79. The highest BCUT2D eigenvalue weighted by molar-refractivity contribution is 7.80. The van der Waals surface area contributed by atoms with E-state index in [1.807, 2.05) is 13.8 Å². The van der Waals surface area contributed by atoms with Crippen LogP contribution in [0.15, 0.2) is 0 Å². The average molecular weight is 219 g/mol. The lowest BCUT2D eigenvalue weighted by molar-refractivity contribution is -0.144. The lowest BCUT2D eigenvalue weighted by Gasteiger charge is -2.14. The third kappa shape index (κ3) is 5.11. The van der Waals surface area contributed by atoms with Gasteiger partial charge in [-0.05, 0) is 5.92 Å². The smallest absolute Gasteiger partial charge is 0.329 e. The van der Waals surface area contributed by atoms with E-state index in [-0.39, 0.29) is 17.6 Å². The summed E-state index contributed by atoms with van der Waals surface area (Å²) in [7, 11) is 1.29. The second kappa shape index (κ2) is 6.70. The van der Waals surface area contributed by atoms with E-state index in [4.69, 9.17) is 0 Å². The van der Waals surface area contributed by atoms with Crippen LogP contribution in [0, 0.1) is 5.92 Å². The fourth-order valence-electron chi connectivity index (χ4n) is 0.945. The minimum atomic E-state index is -0.644. The summed E-state index contributed by atoms with van der Waals surface area (Å²) in [6.45, 7) is 3.88. The molecule has 14 heavy (non-hydrogen) atoms. The Morgan fingerprint density at radius 2 is 2.00 bits per heavy atom. The molecule has 0 aromatic heterocycles. The van der Waals surface area contributed by atoms with Crippen molar-refractivity contribution >= 4 is 24.5 Å². The summed E-state index contributed by atoms with van der Waals surface area (Å²) in [4.78, 5) is 22.4. The Labute approximate surface area is 89.8 Å². The number of nitrogens with one attached hydrogen (secondary N) is 1. The van der Waals surface area contributed by atoms with Crippen molar-refractivity contribution < 1.29 is 14.3 Å².